The van der Waals surface area contributed by atoms with Crippen LogP contribution in [0, 0.1) is 0 Å². The van der Waals surface area contributed by atoms with Crippen LogP contribution in [0.1, 0.15) is 33.6 Å². The number of ether oxygens (including phenoxy) is 1. The molecule has 1 saturated heterocycles. The van der Waals surface area contributed by atoms with Gasteiger partial charge in [0.05, 0.1) is 30.3 Å². The van der Waals surface area contributed by atoms with E-state index in [1.165, 1.54) is 6.20 Å². The maximum Gasteiger partial charge on any atom is 0.410 e. The lowest BCUT2D eigenvalue weighted by atomic mass is 10.2. The van der Waals surface area contributed by atoms with Crippen LogP contribution < -0.4 is 5.73 Å². The van der Waals surface area contributed by atoms with Crippen molar-refractivity contribution in [3.8, 4) is 11.4 Å². The summed E-state index contributed by atoms with van der Waals surface area (Å²) >= 11 is 0. The van der Waals surface area contributed by atoms with Crippen molar-refractivity contribution in [2.24, 2.45) is 0 Å². The van der Waals surface area contributed by atoms with Gasteiger partial charge in [-0.05, 0) is 45.7 Å². The minimum atomic E-state index is -2.49. The lowest BCUT2D eigenvalue weighted by molar-refractivity contribution is -0.00226. The number of nitrogens with two attached hydrogens (primary N) is 1. The second-order valence-corrected chi connectivity index (χ2v) is 8.12. The number of alkyl halides is 2. The van der Waals surface area contributed by atoms with Gasteiger partial charge >= 0.3 is 6.09 Å². The van der Waals surface area contributed by atoms with Crippen molar-refractivity contribution >= 4 is 17.6 Å². The Labute approximate surface area is 179 Å². The van der Waals surface area contributed by atoms with E-state index < -0.39 is 24.2 Å². The number of carbonyl (C=O) groups excluding carboxylic acids is 1. The molecule has 3 aromatic rings. The van der Waals surface area contributed by atoms with Gasteiger partial charge in [-0.2, -0.15) is 0 Å². The maximum atomic E-state index is 12.5. The highest BCUT2D eigenvalue weighted by atomic mass is 19.3. The van der Waals surface area contributed by atoms with Crippen LogP contribution in [-0.4, -0.2) is 55.0 Å². The Bertz CT molecular complexity index is 1030. The first-order chi connectivity index (χ1) is 14.7. The Morgan fingerprint density at radius 1 is 1.26 bits per heavy atom. The summed E-state index contributed by atoms with van der Waals surface area (Å²) in [5.41, 5.74) is 7.46. The SMILES string of the molecule is CC(C)(C)OC(=O)N1CCCC1C(F)F.Nc1cncc(-c2cnc3ccccn23)n1. The smallest absolute Gasteiger partial charge is 0.410 e. The van der Waals surface area contributed by atoms with Crippen LogP contribution in [-0.2, 0) is 4.74 Å². The van der Waals surface area contributed by atoms with E-state index in [1.54, 1.807) is 33.2 Å². The van der Waals surface area contributed by atoms with Crippen LogP contribution in [0.2, 0.25) is 0 Å². The van der Waals surface area contributed by atoms with Gasteiger partial charge in [0, 0.05) is 12.7 Å². The van der Waals surface area contributed by atoms with Crippen LogP contribution in [0.5, 0.6) is 0 Å². The first-order valence-electron chi connectivity index (χ1n) is 9.93. The predicted molar refractivity (Wildman–Crippen MR) is 113 cm³/mol. The first kappa shape index (κ1) is 22.4. The molecular formula is C21H26F2N6O2. The van der Waals surface area contributed by atoms with Crippen molar-refractivity contribution in [1.29, 1.82) is 0 Å². The van der Waals surface area contributed by atoms with E-state index in [9.17, 15) is 13.6 Å². The van der Waals surface area contributed by atoms with E-state index in [0.717, 1.165) is 21.9 Å². The molecule has 10 heteroatoms. The van der Waals surface area contributed by atoms with Crippen LogP contribution in [0.4, 0.5) is 19.4 Å². The summed E-state index contributed by atoms with van der Waals surface area (Å²) in [6, 6.07) is 4.85. The molecule has 8 nitrogen and oxygen atoms in total. The number of amides is 1. The van der Waals surface area contributed by atoms with Crippen molar-refractivity contribution in [2.75, 3.05) is 12.3 Å². The molecule has 0 aliphatic carbocycles. The Balaban J connectivity index is 0.000000176. The number of aromatic nitrogens is 4. The van der Waals surface area contributed by atoms with E-state index in [2.05, 4.69) is 15.0 Å². The van der Waals surface area contributed by atoms with Crippen LogP contribution >= 0.6 is 0 Å². The second-order valence-electron chi connectivity index (χ2n) is 8.12. The molecule has 4 rings (SSSR count). The van der Waals surface area contributed by atoms with Crippen molar-refractivity contribution in [2.45, 2.75) is 51.7 Å². The number of nitrogens with zero attached hydrogens (tertiary/aromatic N) is 5. The second kappa shape index (κ2) is 9.23. The minimum Gasteiger partial charge on any atom is -0.444 e. The number of hydrogen-bond donors (Lipinski definition) is 1. The maximum absolute atomic E-state index is 12.5. The van der Waals surface area contributed by atoms with Crippen LogP contribution in [0.25, 0.3) is 17.0 Å². The summed E-state index contributed by atoms with van der Waals surface area (Å²) in [6.45, 7) is 5.53. The number of fused-ring (bicyclic) bond motifs is 1. The number of rotatable bonds is 2. The molecular weight excluding hydrogens is 406 g/mol. The molecule has 1 atom stereocenters. The molecule has 1 aliphatic rings. The summed E-state index contributed by atoms with van der Waals surface area (Å²) in [7, 11) is 0. The quantitative estimate of drug-likeness (QED) is 0.657. The molecule has 2 N–H and O–H groups in total. The fourth-order valence-electron chi connectivity index (χ4n) is 3.23. The molecule has 166 valence electrons. The zero-order valence-electron chi connectivity index (χ0n) is 17.7. The van der Waals surface area contributed by atoms with Gasteiger partial charge in [-0.1, -0.05) is 6.07 Å². The van der Waals surface area contributed by atoms with E-state index in [4.69, 9.17) is 10.5 Å². The third kappa shape index (κ3) is 5.65. The van der Waals surface area contributed by atoms with E-state index in [0.29, 0.717) is 25.2 Å². The average molecular weight is 432 g/mol. The normalized spacial score (nSPS) is 16.3. The number of pyridine rings is 1. The zero-order valence-corrected chi connectivity index (χ0v) is 17.7. The lowest BCUT2D eigenvalue weighted by Gasteiger charge is -2.28. The Kier molecular flexibility index (Phi) is 6.67. The highest BCUT2D eigenvalue weighted by molar-refractivity contribution is 5.69. The molecule has 1 unspecified atom stereocenters. The number of nitrogen functional groups attached to an aromatic ring is 1. The largest absolute Gasteiger partial charge is 0.444 e. The zero-order chi connectivity index (χ0) is 22.6. The number of halogens is 2. The Morgan fingerprint density at radius 2 is 2.03 bits per heavy atom. The number of anilines is 1. The predicted octanol–water partition coefficient (Wildman–Crippen LogP) is 4.02. The highest BCUT2D eigenvalue weighted by Gasteiger charge is 2.37. The summed E-state index contributed by atoms with van der Waals surface area (Å²) in [6.07, 6.45) is 4.75. The Morgan fingerprint density at radius 3 is 2.71 bits per heavy atom. The van der Waals surface area contributed by atoms with Gasteiger partial charge in [0.25, 0.3) is 6.43 Å². The molecule has 1 amide bonds. The molecule has 4 heterocycles. The van der Waals surface area contributed by atoms with Gasteiger partial charge < -0.3 is 10.5 Å². The molecule has 1 aliphatic heterocycles. The fourth-order valence-corrected chi connectivity index (χ4v) is 3.23. The van der Waals surface area contributed by atoms with E-state index in [-0.39, 0.29) is 0 Å². The molecule has 31 heavy (non-hydrogen) atoms. The standard InChI is InChI=1S/C11H9N5.C10H17F2NO2/c12-10-7-13-5-8(15-10)9-6-14-11-3-1-2-4-16(9)11;1-10(2,3)15-9(14)13-6-4-5-7(13)8(11)12/h1-7H,(H2,12,15);7-8H,4-6H2,1-3H3. The summed E-state index contributed by atoms with van der Waals surface area (Å²) in [4.78, 5) is 25.2. The monoisotopic (exact) mass is 432 g/mol. The van der Waals surface area contributed by atoms with Gasteiger partial charge in [-0.15, -0.1) is 0 Å². The summed E-state index contributed by atoms with van der Waals surface area (Å²) in [5, 5.41) is 0. The molecule has 0 aromatic carbocycles. The van der Waals surface area contributed by atoms with E-state index in [1.807, 2.05) is 28.8 Å². The first-order valence-corrected chi connectivity index (χ1v) is 9.93. The third-order valence-electron chi connectivity index (χ3n) is 4.55. The molecule has 3 aromatic heterocycles. The van der Waals surface area contributed by atoms with Gasteiger partial charge in [0.1, 0.15) is 22.8 Å². The van der Waals surface area contributed by atoms with Crippen molar-refractivity contribution in [3.63, 3.8) is 0 Å². The molecule has 0 radical (unpaired) electrons. The van der Waals surface area contributed by atoms with Gasteiger partial charge in [0.15, 0.2) is 0 Å². The molecule has 0 bridgehead atoms. The van der Waals surface area contributed by atoms with Crippen molar-refractivity contribution in [1.82, 2.24) is 24.3 Å². The number of hydrogen-bond acceptors (Lipinski definition) is 6. The number of carbonyl (C=O) groups is 1. The Hall–Kier alpha value is -3.30. The van der Waals surface area contributed by atoms with Gasteiger partial charge in [-0.3, -0.25) is 14.3 Å². The topological polar surface area (TPSA) is 98.6 Å². The fraction of sp³-hybridized carbons (Fsp3) is 0.429. The van der Waals surface area contributed by atoms with Crippen molar-refractivity contribution < 1.29 is 18.3 Å². The van der Waals surface area contributed by atoms with Gasteiger partial charge in [0.2, 0.25) is 0 Å². The highest BCUT2D eigenvalue weighted by Crippen LogP contribution is 2.25. The lowest BCUT2D eigenvalue weighted by Crippen LogP contribution is -2.42. The average Bonchev–Trinajstić information content (AvgIpc) is 3.35. The van der Waals surface area contributed by atoms with Crippen LogP contribution in [0.15, 0.2) is 43.0 Å². The molecule has 1 fully saturated rings. The molecule has 0 saturated carbocycles. The number of likely N-dealkylation sites (tertiary alicyclic amines) is 1. The number of imidazole rings is 1. The molecule has 0 spiro atoms. The summed E-state index contributed by atoms with van der Waals surface area (Å²) < 4.78 is 32.1. The van der Waals surface area contributed by atoms with Gasteiger partial charge in [-0.25, -0.2) is 23.5 Å². The van der Waals surface area contributed by atoms with Crippen molar-refractivity contribution in [3.05, 3.63) is 43.0 Å². The van der Waals surface area contributed by atoms with E-state index >= 15 is 0 Å². The van der Waals surface area contributed by atoms with Crippen LogP contribution in [0.3, 0.4) is 0 Å². The summed E-state index contributed by atoms with van der Waals surface area (Å²) in [5.74, 6) is 0.406. The minimum absolute atomic E-state index is 0.358. The third-order valence-corrected chi connectivity index (χ3v) is 4.55.